The molecule has 4 aromatic rings. The van der Waals surface area contributed by atoms with Crippen molar-refractivity contribution < 1.29 is 27.2 Å². The van der Waals surface area contributed by atoms with E-state index in [2.05, 4.69) is 10.1 Å². The molecule has 0 aliphatic rings. The van der Waals surface area contributed by atoms with E-state index in [9.17, 15) is 18.0 Å². The van der Waals surface area contributed by atoms with Crippen LogP contribution in [0.25, 0.3) is 16.9 Å². The molecule has 0 aliphatic carbocycles. The Hall–Kier alpha value is -3.88. The lowest BCUT2D eigenvalue weighted by Crippen LogP contribution is -2.12. The number of alkyl halides is 3. The smallest absolute Gasteiger partial charge is 0.389 e. The lowest BCUT2D eigenvalue weighted by Gasteiger charge is -2.07. The monoisotopic (exact) mass is 455 g/mol. The minimum Gasteiger partial charge on any atom is -0.466 e. The molecule has 6 nitrogen and oxygen atoms in total. The Morgan fingerprint density at radius 2 is 2.06 bits per heavy atom. The van der Waals surface area contributed by atoms with Gasteiger partial charge >= 0.3 is 6.18 Å². The minimum atomic E-state index is -4.33. The number of benzene rings is 1. The number of furan rings is 1. The van der Waals surface area contributed by atoms with Gasteiger partial charge in [0, 0.05) is 30.2 Å². The summed E-state index contributed by atoms with van der Waals surface area (Å²) in [6, 6.07) is 14.4. The molecule has 0 amide bonds. The standard InChI is InChI=1S/C24H20F3N3O3/c25-24(26,27)8-6-20(31)12-17-3-1-4-19(11-17)22-15-28-23-13-18(7-9-30(22)23)14-29-33-16-21-5-2-10-32-21/h1-5,7,9-11,13-15H,6,8,12,16H2. The number of halogens is 3. The van der Waals surface area contributed by atoms with Crippen molar-refractivity contribution in [2.45, 2.75) is 32.0 Å². The maximum Gasteiger partial charge on any atom is 0.389 e. The van der Waals surface area contributed by atoms with Crippen LogP contribution in [0, 0.1) is 0 Å². The predicted octanol–water partition coefficient (Wildman–Crippen LogP) is 5.60. The first-order valence-corrected chi connectivity index (χ1v) is 10.2. The molecule has 3 aromatic heterocycles. The molecule has 0 saturated carbocycles. The zero-order chi connectivity index (χ0) is 23.3. The largest absolute Gasteiger partial charge is 0.466 e. The Morgan fingerprint density at radius 1 is 1.18 bits per heavy atom. The molecule has 0 radical (unpaired) electrons. The van der Waals surface area contributed by atoms with Crippen LogP contribution in [-0.4, -0.2) is 27.6 Å². The van der Waals surface area contributed by atoms with Crippen molar-refractivity contribution in [3.8, 4) is 11.3 Å². The van der Waals surface area contributed by atoms with Gasteiger partial charge < -0.3 is 9.25 Å². The summed E-state index contributed by atoms with van der Waals surface area (Å²) in [5.41, 5.74) is 3.75. The zero-order valence-electron chi connectivity index (χ0n) is 17.5. The zero-order valence-corrected chi connectivity index (χ0v) is 17.5. The number of fused-ring (bicyclic) bond motifs is 1. The maximum absolute atomic E-state index is 12.3. The number of carbonyl (C=O) groups excluding carboxylic acids is 1. The van der Waals surface area contributed by atoms with Gasteiger partial charge in [-0.15, -0.1) is 0 Å². The first kappa shape index (κ1) is 22.3. The van der Waals surface area contributed by atoms with Crippen LogP contribution >= 0.6 is 0 Å². The van der Waals surface area contributed by atoms with Crippen molar-refractivity contribution in [3.05, 3.63) is 84.1 Å². The second-order valence-electron chi connectivity index (χ2n) is 7.45. The molecule has 4 rings (SSSR count). The van der Waals surface area contributed by atoms with Crippen LogP contribution in [0.5, 0.6) is 0 Å². The first-order chi connectivity index (χ1) is 15.9. The van der Waals surface area contributed by atoms with Crippen molar-refractivity contribution in [3.63, 3.8) is 0 Å². The molecule has 1 aromatic carbocycles. The van der Waals surface area contributed by atoms with Gasteiger partial charge in [0.15, 0.2) is 6.61 Å². The van der Waals surface area contributed by atoms with Crippen molar-refractivity contribution in [1.82, 2.24) is 9.38 Å². The quantitative estimate of drug-likeness (QED) is 0.243. The first-order valence-electron chi connectivity index (χ1n) is 10.2. The maximum atomic E-state index is 12.3. The van der Waals surface area contributed by atoms with Gasteiger partial charge in [-0.25, -0.2) is 4.98 Å². The number of Topliss-reactive ketones (excluding diaryl/α,β-unsaturated/α-hetero) is 1. The van der Waals surface area contributed by atoms with Gasteiger partial charge in [-0.05, 0) is 35.9 Å². The Balaban J connectivity index is 1.44. The highest BCUT2D eigenvalue weighted by molar-refractivity contribution is 5.82. The molecule has 0 spiro atoms. The Morgan fingerprint density at radius 3 is 2.85 bits per heavy atom. The normalized spacial score (nSPS) is 12.0. The van der Waals surface area contributed by atoms with Crippen LogP contribution in [0.15, 0.2) is 76.8 Å². The van der Waals surface area contributed by atoms with Crippen molar-refractivity contribution in [2.75, 3.05) is 0 Å². The fourth-order valence-corrected chi connectivity index (χ4v) is 3.32. The van der Waals surface area contributed by atoms with Crippen molar-refractivity contribution >= 4 is 17.6 Å². The van der Waals surface area contributed by atoms with Crippen LogP contribution < -0.4 is 0 Å². The summed E-state index contributed by atoms with van der Waals surface area (Å²) in [5, 5.41) is 3.93. The number of carbonyl (C=O) groups is 1. The van der Waals surface area contributed by atoms with Gasteiger partial charge in [0.25, 0.3) is 0 Å². The highest BCUT2D eigenvalue weighted by Crippen LogP contribution is 2.24. The van der Waals surface area contributed by atoms with Crippen molar-refractivity contribution in [1.29, 1.82) is 0 Å². The number of rotatable bonds is 9. The Labute approximate surface area is 187 Å². The fourth-order valence-electron chi connectivity index (χ4n) is 3.32. The van der Waals surface area contributed by atoms with E-state index < -0.39 is 24.8 Å². The summed E-state index contributed by atoms with van der Waals surface area (Å²) in [5.74, 6) is 0.227. The molecule has 9 heteroatoms. The predicted molar refractivity (Wildman–Crippen MR) is 116 cm³/mol. The third-order valence-electron chi connectivity index (χ3n) is 4.91. The number of hydrogen-bond acceptors (Lipinski definition) is 5. The molecule has 0 N–H and O–H groups in total. The van der Waals surface area contributed by atoms with Gasteiger partial charge in [0.1, 0.15) is 17.2 Å². The van der Waals surface area contributed by atoms with Crippen LogP contribution in [0.3, 0.4) is 0 Å². The summed E-state index contributed by atoms with van der Waals surface area (Å²) in [6.07, 6.45) is 0.693. The molecule has 33 heavy (non-hydrogen) atoms. The molecule has 0 unspecified atom stereocenters. The second-order valence-corrected chi connectivity index (χ2v) is 7.45. The van der Waals surface area contributed by atoms with E-state index in [-0.39, 0.29) is 13.0 Å². The van der Waals surface area contributed by atoms with Gasteiger partial charge in [0.2, 0.25) is 0 Å². The summed E-state index contributed by atoms with van der Waals surface area (Å²) in [6.45, 7) is 0.230. The molecule has 170 valence electrons. The highest BCUT2D eigenvalue weighted by Gasteiger charge is 2.27. The molecule has 0 saturated heterocycles. The number of pyridine rings is 1. The van der Waals surface area contributed by atoms with Crippen LogP contribution in [0.2, 0.25) is 0 Å². The van der Waals surface area contributed by atoms with Crippen LogP contribution in [0.4, 0.5) is 13.2 Å². The second kappa shape index (κ2) is 9.72. The molecule has 3 heterocycles. The van der Waals surface area contributed by atoms with E-state index >= 15 is 0 Å². The fraction of sp³-hybridized carbons (Fsp3) is 0.208. The average Bonchev–Trinajstić information content (AvgIpc) is 3.45. The number of aromatic nitrogens is 2. The summed E-state index contributed by atoms with van der Waals surface area (Å²) < 4.78 is 44.1. The molecule has 0 aliphatic heterocycles. The van der Waals surface area contributed by atoms with E-state index in [0.29, 0.717) is 17.0 Å². The topological polar surface area (TPSA) is 69.1 Å². The number of hydrogen-bond donors (Lipinski definition) is 0. The SMILES string of the molecule is O=C(CCC(F)(F)F)Cc1cccc(-c2cnc3cc(C=NOCc4ccco4)ccn23)c1. The summed E-state index contributed by atoms with van der Waals surface area (Å²) in [7, 11) is 0. The van der Waals surface area contributed by atoms with E-state index in [1.54, 1.807) is 49.0 Å². The minimum absolute atomic E-state index is 0.0424. The van der Waals surface area contributed by atoms with Gasteiger partial charge in [-0.2, -0.15) is 13.2 Å². The molecule has 0 fully saturated rings. The third-order valence-corrected chi connectivity index (χ3v) is 4.91. The lowest BCUT2D eigenvalue weighted by molar-refractivity contribution is -0.143. The average molecular weight is 455 g/mol. The van der Waals surface area contributed by atoms with Crippen LogP contribution in [-0.2, 0) is 22.7 Å². The van der Waals surface area contributed by atoms with Crippen LogP contribution in [0.1, 0.15) is 29.7 Å². The number of imidazole rings is 1. The van der Waals surface area contributed by atoms with E-state index in [1.165, 1.54) is 0 Å². The van der Waals surface area contributed by atoms with Gasteiger partial charge in [-0.3, -0.25) is 9.20 Å². The molecular formula is C24H20F3N3O3. The Bertz CT molecular complexity index is 1260. The van der Waals surface area contributed by atoms with Gasteiger partial charge in [0.05, 0.1) is 30.8 Å². The van der Waals surface area contributed by atoms with E-state index in [4.69, 9.17) is 9.25 Å². The molecule has 0 bridgehead atoms. The lowest BCUT2D eigenvalue weighted by atomic mass is 10.0. The highest BCUT2D eigenvalue weighted by atomic mass is 19.4. The Kier molecular flexibility index (Phi) is 6.58. The number of nitrogens with zero attached hydrogens (tertiary/aromatic N) is 3. The van der Waals surface area contributed by atoms with E-state index in [1.807, 2.05) is 28.8 Å². The summed E-state index contributed by atoms with van der Waals surface area (Å²) >= 11 is 0. The number of ketones is 1. The number of oxime groups is 1. The third kappa shape index (κ3) is 6.09. The van der Waals surface area contributed by atoms with Crippen molar-refractivity contribution in [2.24, 2.45) is 5.16 Å². The molecule has 0 atom stereocenters. The molecular weight excluding hydrogens is 435 g/mol. The van der Waals surface area contributed by atoms with E-state index in [0.717, 1.165) is 16.8 Å². The summed E-state index contributed by atoms with van der Waals surface area (Å²) in [4.78, 5) is 21.6. The van der Waals surface area contributed by atoms with Gasteiger partial charge in [-0.1, -0.05) is 23.4 Å².